The average Bonchev–Trinajstić information content (AvgIpc) is 2.77. The number of benzene rings is 1. The van der Waals surface area contributed by atoms with E-state index in [1.54, 1.807) is 19.2 Å². The molecule has 0 saturated heterocycles. The van der Waals surface area contributed by atoms with E-state index in [-0.39, 0.29) is 17.4 Å². The summed E-state index contributed by atoms with van der Waals surface area (Å²) >= 11 is 1.92. The van der Waals surface area contributed by atoms with E-state index in [2.05, 4.69) is 0 Å². The van der Waals surface area contributed by atoms with Crippen molar-refractivity contribution in [2.24, 2.45) is 0 Å². The van der Waals surface area contributed by atoms with Gasteiger partial charge in [0.25, 0.3) is 0 Å². The molecule has 0 aliphatic rings. The van der Waals surface area contributed by atoms with Gasteiger partial charge in [-0.25, -0.2) is 4.39 Å². The van der Waals surface area contributed by atoms with Crippen molar-refractivity contribution in [2.75, 3.05) is 7.11 Å². The number of rotatable bonds is 4. The lowest BCUT2D eigenvalue weighted by molar-refractivity contribution is 0.0999. The Morgan fingerprint density at radius 1 is 1.39 bits per heavy atom. The Balaban J connectivity index is 2.29. The monoisotopic (exact) mass is 360 g/mol. The van der Waals surface area contributed by atoms with Crippen molar-refractivity contribution < 1.29 is 18.3 Å². The number of ketones is 1. The van der Waals surface area contributed by atoms with E-state index < -0.39 is 0 Å². The predicted molar refractivity (Wildman–Crippen MR) is 72.0 cm³/mol. The van der Waals surface area contributed by atoms with Crippen LogP contribution in [0.1, 0.15) is 21.9 Å². The minimum absolute atomic E-state index is 0.228. The first-order chi connectivity index (χ1) is 8.61. The van der Waals surface area contributed by atoms with Crippen LogP contribution in [0.4, 0.5) is 4.39 Å². The molecular weight excluding hydrogens is 350 g/mol. The van der Waals surface area contributed by atoms with Crippen LogP contribution in [-0.4, -0.2) is 12.9 Å². The highest BCUT2D eigenvalue weighted by Gasteiger charge is 2.16. The summed E-state index contributed by atoms with van der Waals surface area (Å²) in [6, 6.07) is 7.31. The van der Waals surface area contributed by atoms with Gasteiger partial charge in [0.2, 0.25) is 5.78 Å². The minimum Gasteiger partial charge on any atom is -0.455 e. The highest BCUT2D eigenvalue weighted by atomic mass is 127. The largest absolute Gasteiger partial charge is 0.455 e. The number of ether oxygens (including phenoxy) is 1. The van der Waals surface area contributed by atoms with Gasteiger partial charge in [0, 0.05) is 16.2 Å². The molecule has 0 fully saturated rings. The molecule has 0 spiro atoms. The second kappa shape index (κ2) is 5.62. The first-order valence-electron chi connectivity index (χ1n) is 5.19. The van der Waals surface area contributed by atoms with Gasteiger partial charge < -0.3 is 9.15 Å². The molecule has 0 aliphatic carbocycles. The maximum atomic E-state index is 13.0. The van der Waals surface area contributed by atoms with E-state index in [4.69, 9.17) is 9.15 Å². The Labute approximate surface area is 117 Å². The lowest BCUT2D eigenvalue weighted by Gasteiger charge is -2.01. The van der Waals surface area contributed by atoms with Gasteiger partial charge in [-0.05, 0) is 52.9 Å². The number of halogens is 2. The molecule has 1 aromatic heterocycles. The van der Waals surface area contributed by atoms with Crippen LogP contribution in [-0.2, 0) is 11.3 Å². The number of methoxy groups -OCH3 is 1. The molecule has 94 valence electrons. The van der Waals surface area contributed by atoms with Crippen molar-refractivity contribution in [1.29, 1.82) is 0 Å². The maximum absolute atomic E-state index is 13.0. The molecule has 0 saturated carbocycles. The molecule has 2 rings (SSSR count). The van der Waals surface area contributed by atoms with E-state index in [0.29, 0.717) is 21.5 Å². The molecule has 5 heteroatoms. The normalized spacial score (nSPS) is 10.6. The lowest BCUT2D eigenvalue weighted by atomic mass is 10.1. The highest BCUT2D eigenvalue weighted by molar-refractivity contribution is 14.1. The maximum Gasteiger partial charge on any atom is 0.229 e. The average molecular weight is 360 g/mol. The Bertz CT molecular complexity index is 577. The molecule has 0 N–H and O–H groups in total. The van der Waals surface area contributed by atoms with Gasteiger partial charge in [0.15, 0.2) is 5.76 Å². The van der Waals surface area contributed by atoms with E-state index in [9.17, 15) is 9.18 Å². The van der Waals surface area contributed by atoms with Crippen molar-refractivity contribution >= 4 is 28.4 Å². The van der Waals surface area contributed by atoms with Gasteiger partial charge >= 0.3 is 0 Å². The van der Waals surface area contributed by atoms with E-state index in [1.165, 1.54) is 18.2 Å². The van der Waals surface area contributed by atoms with Crippen molar-refractivity contribution in [3.05, 3.63) is 56.8 Å². The molecule has 0 atom stereocenters. The molecule has 0 bridgehead atoms. The summed E-state index contributed by atoms with van der Waals surface area (Å²) in [5.41, 5.74) is 0.426. The van der Waals surface area contributed by atoms with Crippen LogP contribution in [0.3, 0.4) is 0 Å². The first-order valence-corrected chi connectivity index (χ1v) is 6.27. The van der Waals surface area contributed by atoms with Gasteiger partial charge in [-0.2, -0.15) is 0 Å². The fourth-order valence-corrected chi connectivity index (χ4v) is 2.25. The van der Waals surface area contributed by atoms with Crippen LogP contribution in [0.15, 0.2) is 34.7 Å². The molecule has 18 heavy (non-hydrogen) atoms. The van der Waals surface area contributed by atoms with Crippen molar-refractivity contribution in [1.82, 2.24) is 0 Å². The van der Waals surface area contributed by atoms with Crippen LogP contribution in [0.5, 0.6) is 0 Å². The van der Waals surface area contributed by atoms with Crippen molar-refractivity contribution in [2.45, 2.75) is 6.61 Å². The number of hydrogen-bond acceptors (Lipinski definition) is 3. The molecule has 2 aromatic rings. The lowest BCUT2D eigenvalue weighted by Crippen LogP contribution is -2.02. The number of carbonyl (C=O) groups excluding carboxylic acids is 1. The van der Waals surface area contributed by atoms with Crippen LogP contribution >= 0.6 is 22.6 Å². The fraction of sp³-hybridized carbons (Fsp3) is 0.154. The summed E-state index contributed by atoms with van der Waals surface area (Å²) in [5, 5.41) is 0. The van der Waals surface area contributed by atoms with Gasteiger partial charge in [0.05, 0.1) is 0 Å². The van der Waals surface area contributed by atoms with Crippen LogP contribution < -0.4 is 0 Å². The van der Waals surface area contributed by atoms with Gasteiger partial charge in [-0.1, -0.05) is 0 Å². The quantitative estimate of drug-likeness (QED) is 0.620. The van der Waals surface area contributed by atoms with Gasteiger partial charge in [-0.15, -0.1) is 0 Å². The summed E-state index contributed by atoms with van der Waals surface area (Å²) in [6.45, 7) is 0.313. The summed E-state index contributed by atoms with van der Waals surface area (Å²) in [5.74, 6) is 0.182. The topological polar surface area (TPSA) is 39.4 Å². The zero-order valence-corrected chi connectivity index (χ0v) is 11.7. The van der Waals surface area contributed by atoms with Gasteiger partial charge in [0.1, 0.15) is 18.2 Å². The number of furan rings is 1. The first kappa shape index (κ1) is 13.2. The number of hydrogen-bond donors (Lipinski definition) is 0. The standard InChI is InChI=1S/C13H10FIO3/c1-17-7-9-3-5-12(18-9)13(16)10-4-2-8(14)6-11(10)15/h2-6H,7H2,1H3. The van der Waals surface area contributed by atoms with Crippen LogP contribution in [0.2, 0.25) is 0 Å². The van der Waals surface area contributed by atoms with Crippen LogP contribution in [0, 0.1) is 9.39 Å². The molecule has 0 aliphatic heterocycles. The highest BCUT2D eigenvalue weighted by Crippen LogP contribution is 2.19. The molecule has 0 radical (unpaired) electrons. The van der Waals surface area contributed by atoms with Crippen molar-refractivity contribution in [3.8, 4) is 0 Å². The third-order valence-electron chi connectivity index (χ3n) is 2.35. The van der Waals surface area contributed by atoms with Crippen molar-refractivity contribution in [3.63, 3.8) is 0 Å². The summed E-state index contributed by atoms with van der Waals surface area (Å²) in [4.78, 5) is 12.1. The van der Waals surface area contributed by atoms with Crippen LogP contribution in [0.25, 0.3) is 0 Å². The smallest absolute Gasteiger partial charge is 0.229 e. The van der Waals surface area contributed by atoms with Gasteiger partial charge in [-0.3, -0.25) is 4.79 Å². The zero-order valence-electron chi connectivity index (χ0n) is 9.57. The Kier molecular flexibility index (Phi) is 4.13. The second-order valence-corrected chi connectivity index (χ2v) is 4.81. The second-order valence-electron chi connectivity index (χ2n) is 3.65. The predicted octanol–water partition coefficient (Wildman–Crippen LogP) is 3.40. The minimum atomic E-state index is -0.365. The molecule has 1 aromatic carbocycles. The third kappa shape index (κ3) is 2.78. The van der Waals surface area contributed by atoms with E-state index in [1.807, 2.05) is 22.6 Å². The summed E-state index contributed by atoms with van der Waals surface area (Å²) in [7, 11) is 1.55. The van der Waals surface area contributed by atoms with E-state index in [0.717, 1.165) is 0 Å². The fourth-order valence-electron chi connectivity index (χ4n) is 1.53. The molecule has 0 unspecified atom stereocenters. The molecule has 3 nitrogen and oxygen atoms in total. The Hall–Kier alpha value is -1.21. The third-order valence-corrected chi connectivity index (χ3v) is 3.24. The summed E-state index contributed by atoms with van der Waals surface area (Å²) in [6.07, 6.45) is 0. The zero-order chi connectivity index (χ0) is 13.1. The number of carbonyl (C=O) groups is 1. The Morgan fingerprint density at radius 2 is 2.17 bits per heavy atom. The summed E-state index contributed by atoms with van der Waals surface area (Å²) < 4.78 is 23.8. The SMILES string of the molecule is COCc1ccc(C(=O)c2ccc(F)cc2I)o1. The molecular formula is C13H10FIO3. The van der Waals surface area contributed by atoms with E-state index >= 15 is 0 Å². The molecule has 0 amide bonds. The molecule has 1 heterocycles. The Morgan fingerprint density at radius 3 is 2.83 bits per heavy atom.